The van der Waals surface area contributed by atoms with Crippen molar-refractivity contribution >= 4 is 39.2 Å². The van der Waals surface area contributed by atoms with Gasteiger partial charge in [0.05, 0.1) is 25.7 Å². The van der Waals surface area contributed by atoms with Gasteiger partial charge in [-0.1, -0.05) is 54.1 Å². The van der Waals surface area contributed by atoms with Gasteiger partial charge in [0.2, 0.25) is 15.9 Å². The van der Waals surface area contributed by atoms with Gasteiger partial charge in [0.15, 0.2) is 0 Å². The average molecular weight is 557 g/mol. The molecular formula is C28H29ClN2O6S. The second-order valence-corrected chi connectivity index (χ2v) is 11.3. The minimum atomic E-state index is -4.17. The van der Waals surface area contributed by atoms with Crippen LogP contribution < -0.4 is 10.1 Å². The molecule has 0 aromatic heterocycles. The van der Waals surface area contributed by atoms with Gasteiger partial charge in [-0.2, -0.15) is 4.31 Å². The van der Waals surface area contributed by atoms with Crippen molar-refractivity contribution in [3.05, 3.63) is 88.9 Å². The number of rotatable bonds is 11. The summed E-state index contributed by atoms with van der Waals surface area (Å²) in [5.74, 6) is -0.640. The Balaban J connectivity index is 1.55. The molecule has 10 heteroatoms. The van der Waals surface area contributed by atoms with Crippen LogP contribution in [0.5, 0.6) is 5.75 Å². The molecule has 0 heterocycles. The third kappa shape index (κ3) is 6.01. The molecule has 1 N–H and O–H groups in total. The first-order valence-electron chi connectivity index (χ1n) is 12.1. The Hall–Kier alpha value is -3.40. The standard InChI is InChI=1S/C28H29ClN2O6S/c1-3-37-27(33)28(15-16-28)21-9-12-23(13-10-21)30-26(32)19-31(18-20-7-5-4-6-8-20)38(34,35)25-17-22(29)11-14-24(25)36-2/h4-14,17H,3,15-16,18-19H2,1-2H3,(H,30,32). The van der Waals surface area contributed by atoms with Crippen molar-refractivity contribution in [1.29, 1.82) is 0 Å². The number of carbonyl (C=O) groups is 2. The molecule has 0 saturated heterocycles. The molecule has 1 saturated carbocycles. The second kappa shape index (κ2) is 11.6. The van der Waals surface area contributed by atoms with Gasteiger partial charge in [-0.15, -0.1) is 0 Å². The zero-order valence-electron chi connectivity index (χ0n) is 21.1. The fraction of sp³-hybridized carbons (Fsp3) is 0.286. The number of sulfonamides is 1. The second-order valence-electron chi connectivity index (χ2n) is 8.98. The third-order valence-electron chi connectivity index (χ3n) is 6.40. The summed E-state index contributed by atoms with van der Waals surface area (Å²) in [5, 5.41) is 2.98. The number of halogens is 1. The zero-order chi connectivity index (χ0) is 27.3. The summed E-state index contributed by atoms with van der Waals surface area (Å²) in [6, 6.07) is 20.3. The molecule has 1 aliphatic rings. The quantitative estimate of drug-likeness (QED) is 0.341. The molecule has 38 heavy (non-hydrogen) atoms. The predicted octanol–water partition coefficient (Wildman–Crippen LogP) is 4.77. The maximum atomic E-state index is 13.7. The summed E-state index contributed by atoms with van der Waals surface area (Å²) in [7, 11) is -2.80. The smallest absolute Gasteiger partial charge is 0.316 e. The largest absolute Gasteiger partial charge is 0.495 e. The molecule has 0 atom stereocenters. The van der Waals surface area contributed by atoms with Crippen molar-refractivity contribution in [2.24, 2.45) is 0 Å². The Morgan fingerprint density at radius 3 is 2.32 bits per heavy atom. The first-order valence-corrected chi connectivity index (χ1v) is 14.0. The molecule has 0 spiro atoms. The third-order valence-corrected chi connectivity index (χ3v) is 8.45. The van der Waals surface area contributed by atoms with E-state index >= 15 is 0 Å². The molecule has 3 aromatic rings. The van der Waals surface area contributed by atoms with E-state index in [-0.39, 0.29) is 28.2 Å². The summed E-state index contributed by atoms with van der Waals surface area (Å²) >= 11 is 6.10. The SMILES string of the molecule is CCOC(=O)C1(c2ccc(NC(=O)CN(Cc3ccccc3)S(=O)(=O)c3cc(Cl)ccc3OC)cc2)CC1. The van der Waals surface area contributed by atoms with Crippen molar-refractivity contribution in [3.8, 4) is 5.75 Å². The summed E-state index contributed by atoms with van der Waals surface area (Å²) in [4.78, 5) is 25.3. The number of nitrogens with zero attached hydrogens (tertiary/aromatic N) is 1. The molecule has 0 bridgehead atoms. The lowest BCUT2D eigenvalue weighted by Crippen LogP contribution is -2.37. The molecular weight excluding hydrogens is 528 g/mol. The fourth-order valence-corrected chi connectivity index (χ4v) is 6.05. The highest BCUT2D eigenvalue weighted by molar-refractivity contribution is 7.89. The van der Waals surface area contributed by atoms with Crippen LogP contribution in [0.15, 0.2) is 77.7 Å². The lowest BCUT2D eigenvalue weighted by molar-refractivity contribution is -0.146. The molecule has 4 rings (SSSR count). The van der Waals surface area contributed by atoms with E-state index in [2.05, 4.69) is 5.32 Å². The Morgan fingerprint density at radius 2 is 1.71 bits per heavy atom. The molecule has 0 unspecified atom stereocenters. The summed E-state index contributed by atoms with van der Waals surface area (Å²) < 4.78 is 39.0. The van der Waals surface area contributed by atoms with E-state index in [0.29, 0.717) is 17.9 Å². The van der Waals surface area contributed by atoms with Crippen molar-refractivity contribution in [3.63, 3.8) is 0 Å². The van der Waals surface area contributed by atoms with Gasteiger partial charge >= 0.3 is 5.97 Å². The summed E-state index contributed by atoms with van der Waals surface area (Å²) in [5.41, 5.74) is 1.41. The van der Waals surface area contributed by atoms with Gasteiger partial charge in [0.25, 0.3) is 0 Å². The zero-order valence-corrected chi connectivity index (χ0v) is 22.7. The van der Waals surface area contributed by atoms with E-state index in [1.165, 1.54) is 25.3 Å². The van der Waals surface area contributed by atoms with Gasteiger partial charge in [-0.3, -0.25) is 9.59 Å². The number of amides is 1. The number of hydrogen-bond acceptors (Lipinski definition) is 6. The van der Waals surface area contributed by atoms with Gasteiger partial charge in [-0.25, -0.2) is 8.42 Å². The highest BCUT2D eigenvalue weighted by Gasteiger charge is 2.52. The minimum absolute atomic E-state index is 0.0345. The van der Waals surface area contributed by atoms with Gasteiger partial charge in [0.1, 0.15) is 10.6 Å². The topological polar surface area (TPSA) is 102 Å². The molecule has 0 radical (unpaired) electrons. The molecule has 200 valence electrons. The van der Waals surface area contributed by atoms with Crippen LogP contribution in [0.2, 0.25) is 5.02 Å². The minimum Gasteiger partial charge on any atom is -0.495 e. The Bertz CT molecular complexity index is 1410. The van der Waals surface area contributed by atoms with E-state index in [1.54, 1.807) is 55.5 Å². The van der Waals surface area contributed by atoms with Crippen LogP contribution in [0.3, 0.4) is 0 Å². The number of anilines is 1. The first kappa shape index (κ1) is 27.6. The number of methoxy groups -OCH3 is 1. The molecule has 0 aliphatic heterocycles. The maximum absolute atomic E-state index is 13.7. The Morgan fingerprint density at radius 1 is 1.03 bits per heavy atom. The number of nitrogens with one attached hydrogen (secondary N) is 1. The van der Waals surface area contributed by atoms with Crippen LogP contribution in [0, 0.1) is 0 Å². The van der Waals surface area contributed by atoms with Crippen LogP contribution in [0.4, 0.5) is 5.69 Å². The first-order chi connectivity index (χ1) is 18.2. The summed E-state index contributed by atoms with van der Waals surface area (Å²) in [6.07, 6.45) is 1.44. The fourth-order valence-electron chi connectivity index (χ4n) is 4.24. The monoisotopic (exact) mass is 556 g/mol. The molecule has 1 fully saturated rings. The normalized spacial score (nSPS) is 14.1. The van der Waals surface area contributed by atoms with Crippen molar-refractivity contribution in [1.82, 2.24) is 4.31 Å². The number of carbonyl (C=O) groups excluding carboxylic acids is 2. The van der Waals surface area contributed by atoms with Crippen LogP contribution in [-0.2, 0) is 36.3 Å². The van der Waals surface area contributed by atoms with Crippen molar-refractivity contribution in [2.75, 3.05) is 25.6 Å². The molecule has 1 amide bonds. The van der Waals surface area contributed by atoms with Gasteiger partial charge < -0.3 is 14.8 Å². The van der Waals surface area contributed by atoms with Crippen LogP contribution in [-0.4, -0.2) is 44.9 Å². The highest BCUT2D eigenvalue weighted by Crippen LogP contribution is 2.49. The van der Waals surface area contributed by atoms with Crippen molar-refractivity contribution in [2.45, 2.75) is 36.6 Å². The maximum Gasteiger partial charge on any atom is 0.316 e. The number of benzene rings is 3. The number of esters is 1. The molecule has 8 nitrogen and oxygen atoms in total. The van der Waals surface area contributed by atoms with Gasteiger partial charge in [0, 0.05) is 17.3 Å². The Labute approximate surface area is 227 Å². The van der Waals surface area contributed by atoms with Crippen LogP contribution in [0.1, 0.15) is 30.9 Å². The predicted molar refractivity (Wildman–Crippen MR) is 145 cm³/mol. The van der Waals surface area contributed by atoms with E-state index in [1.807, 2.05) is 6.07 Å². The number of hydrogen-bond donors (Lipinski definition) is 1. The van der Waals surface area contributed by atoms with Crippen molar-refractivity contribution < 1.29 is 27.5 Å². The number of ether oxygens (including phenoxy) is 2. The van der Waals surface area contributed by atoms with Crippen LogP contribution in [0.25, 0.3) is 0 Å². The lowest BCUT2D eigenvalue weighted by atomic mass is 9.96. The average Bonchev–Trinajstić information content (AvgIpc) is 3.72. The van der Waals surface area contributed by atoms with E-state index < -0.39 is 27.9 Å². The Kier molecular flexibility index (Phi) is 8.40. The van der Waals surface area contributed by atoms with E-state index in [9.17, 15) is 18.0 Å². The highest BCUT2D eigenvalue weighted by atomic mass is 35.5. The van der Waals surface area contributed by atoms with Gasteiger partial charge in [-0.05, 0) is 61.2 Å². The molecule has 1 aliphatic carbocycles. The van der Waals surface area contributed by atoms with E-state index in [0.717, 1.165) is 22.7 Å². The summed E-state index contributed by atoms with van der Waals surface area (Å²) in [6.45, 7) is 1.61. The lowest BCUT2D eigenvalue weighted by Gasteiger charge is -2.23. The van der Waals surface area contributed by atoms with Crippen LogP contribution >= 0.6 is 11.6 Å². The molecule has 3 aromatic carbocycles. The van der Waals surface area contributed by atoms with E-state index in [4.69, 9.17) is 21.1 Å².